The van der Waals surface area contributed by atoms with Gasteiger partial charge in [-0.3, -0.25) is 19.1 Å². The van der Waals surface area contributed by atoms with E-state index < -0.39 is 0 Å². The van der Waals surface area contributed by atoms with Gasteiger partial charge in [0.15, 0.2) is 4.96 Å². The number of aromatic amines is 1. The second-order valence-corrected chi connectivity index (χ2v) is 6.51. The van der Waals surface area contributed by atoms with Gasteiger partial charge in [-0.05, 0) is 18.9 Å². The van der Waals surface area contributed by atoms with Gasteiger partial charge in [-0.2, -0.15) is 5.10 Å². The Morgan fingerprint density at radius 3 is 3.17 bits per heavy atom. The molecule has 3 aromatic heterocycles. The monoisotopic (exact) mass is 329 g/mol. The Balaban J connectivity index is 1.62. The van der Waals surface area contributed by atoms with Crippen LogP contribution in [0.25, 0.3) is 4.96 Å². The van der Waals surface area contributed by atoms with Crippen molar-refractivity contribution in [2.75, 3.05) is 13.1 Å². The van der Waals surface area contributed by atoms with Gasteiger partial charge < -0.3 is 4.90 Å². The summed E-state index contributed by atoms with van der Waals surface area (Å²) >= 11 is 1.37. The quantitative estimate of drug-likeness (QED) is 0.772. The van der Waals surface area contributed by atoms with Crippen LogP contribution >= 0.6 is 11.3 Å². The lowest BCUT2D eigenvalue weighted by Crippen LogP contribution is -2.41. The van der Waals surface area contributed by atoms with E-state index in [0.717, 1.165) is 18.5 Å². The highest BCUT2D eigenvalue weighted by molar-refractivity contribution is 7.15. The van der Waals surface area contributed by atoms with Crippen LogP contribution in [0.1, 0.15) is 34.8 Å². The Labute approximate surface area is 135 Å². The normalized spacial score (nSPS) is 18.4. The van der Waals surface area contributed by atoms with Gasteiger partial charge in [-0.25, -0.2) is 4.98 Å². The molecule has 3 aromatic rings. The summed E-state index contributed by atoms with van der Waals surface area (Å²) in [5.41, 5.74) is 0.863. The van der Waals surface area contributed by atoms with Gasteiger partial charge in [0.2, 0.25) is 0 Å². The third-order valence-corrected chi connectivity index (χ3v) is 5.01. The molecule has 1 fully saturated rings. The molecule has 7 nitrogen and oxygen atoms in total. The number of likely N-dealkylation sites (tertiary alicyclic amines) is 1. The third kappa shape index (κ3) is 2.44. The van der Waals surface area contributed by atoms with Gasteiger partial charge in [0.1, 0.15) is 5.56 Å². The summed E-state index contributed by atoms with van der Waals surface area (Å²) < 4.78 is 1.42. The number of thiazole rings is 1. The first-order valence-electron chi connectivity index (χ1n) is 7.47. The molecule has 23 heavy (non-hydrogen) atoms. The smallest absolute Gasteiger partial charge is 0.271 e. The predicted molar refractivity (Wildman–Crippen MR) is 85.8 cm³/mol. The maximum absolute atomic E-state index is 12.8. The number of rotatable bonds is 2. The van der Waals surface area contributed by atoms with Crippen LogP contribution in [-0.4, -0.2) is 43.5 Å². The molecular formula is C15H15N5O2S. The molecule has 0 saturated carbocycles. The summed E-state index contributed by atoms with van der Waals surface area (Å²) in [7, 11) is 0. The number of piperidine rings is 1. The average Bonchev–Trinajstić information content (AvgIpc) is 3.26. The lowest BCUT2D eigenvalue weighted by Gasteiger charge is -2.32. The number of fused-ring (bicyclic) bond motifs is 1. The van der Waals surface area contributed by atoms with E-state index in [9.17, 15) is 9.59 Å². The maximum atomic E-state index is 12.8. The minimum absolute atomic E-state index is 0.131. The number of amides is 1. The number of hydrogen-bond donors (Lipinski definition) is 1. The highest BCUT2D eigenvalue weighted by Gasteiger charge is 2.28. The van der Waals surface area contributed by atoms with E-state index in [1.54, 1.807) is 22.7 Å². The molecule has 1 atom stereocenters. The van der Waals surface area contributed by atoms with Crippen molar-refractivity contribution in [3.8, 4) is 0 Å². The Kier molecular flexibility index (Phi) is 3.45. The molecule has 0 spiro atoms. The lowest BCUT2D eigenvalue weighted by molar-refractivity contribution is 0.0703. The fraction of sp³-hybridized carbons (Fsp3) is 0.333. The van der Waals surface area contributed by atoms with Crippen LogP contribution in [-0.2, 0) is 0 Å². The van der Waals surface area contributed by atoms with E-state index >= 15 is 0 Å². The molecule has 1 aliphatic rings. The SMILES string of the molecule is O=C(c1cnc2sccn2c1=O)N1CCCC(c2ccn[nH]2)C1. The van der Waals surface area contributed by atoms with E-state index in [1.807, 2.05) is 6.07 Å². The highest BCUT2D eigenvalue weighted by Crippen LogP contribution is 2.25. The number of aromatic nitrogens is 4. The van der Waals surface area contributed by atoms with E-state index in [1.165, 1.54) is 21.9 Å². The summed E-state index contributed by atoms with van der Waals surface area (Å²) in [6, 6.07) is 1.94. The van der Waals surface area contributed by atoms with Gasteiger partial charge in [0, 0.05) is 48.7 Å². The summed E-state index contributed by atoms with van der Waals surface area (Å²) in [5, 5.41) is 8.74. The number of carbonyl (C=O) groups excluding carboxylic acids is 1. The van der Waals surface area contributed by atoms with Crippen LogP contribution in [0, 0.1) is 0 Å². The number of hydrogen-bond acceptors (Lipinski definition) is 5. The molecule has 4 rings (SSSR count). The molecule has 0 bridgehead atoms. The van der Waals surface area contributed by atoms with E-state index in [4.69, 9.17) is 0 Å². The van der Waals surface area contributed by atoms with Crippen molar-refractivity contribution in [2.24, 2.45) is 0 Å². The standard InChI is InChI=1S/C15H15N5O2S/c21-13(11-8-16-15-20(14(11)22)6-7-23-15)19-5-1-2-10(9-19)12-3-4-17-18-12/h3-4,6-8,10H,1-2,5,9H2,(H,17,18). The minimum atomic E-state index is -0.301. The predicted octanol–water partition coefficient (Wildman–Crippen LogP) is 1.50. The van der Waals surface area contributed by atoms with Crippen LogP contribution in [0.15, 0.2) is 34.8 Å². The first kappa shape index (κ1) is 14.1. The number of nitrogens with one attached hydrogen (secondary N) is 1. The minimum Gasteiger partial charge on any atom is -0.338 e. The topological polar surface area (TPSA) is 83.4 Å². The van der Waals surface area contributed by atoms with Gasteiger partial charge in [-0.1, -0.05) is 0 Å². The Bertz CT molecular complexity index is 898. The molecule has 8 heteroatoms. The maximum Gasteiger partial charge on any atom is 0.271 e. The van der Waals surface area contributed by atoms with Gasteiger partial charge in [0.25, 0.3) is 11.5 Å². The van der Waals surface area contributed by atoms with E-state index in [2.05, 4.69) is 15.2 Å². The van der Waals surface area contributed by atoms with Crippen molar-refractivity contribution in [1.82, 2.24) is 24.5 Å². The molecule has 1 saturated heterocycles. The van der Waals surface area contributed by atoms with Gasteiger partial charge in [-0.15, -0.1) is 11.3 Å². The summed E-state index contributed by atoms with van der Waals surface area (Å²) in [5.74, 6) is -0.0110. The zero-order valence-electron chi connectivity index (χ0n) is 12.3. The zero-order valence-corrected chi connectivity index (χ0v) is 13.1. The van der Waals surface area contributed by atoms with Crippen LogP contribution in [0.2, 0.25) is 0 Å². The molecule has 0 aliphatic carbocycles. The second-order valence-electron chi connectivity index (χ2n) is 5.63. The van der Waals surface area contributed by atoms with Crippen molar-refractivity contribution in [3.05, 3.63) is 51.6 Å². The van der Waals surface area contributed by atoms with Crippen LogP contribution in [0.4, 0.5) is 0 Å². The highest BCUT2D eigenvalue weighted by atomic mass is 32.1. The van der Waals surface area contributed by atoms with Gasteiger partial charge in [0.05, 0.1) is 0 Å². The van der Waals surface area contributed by atoms with Crippen molar-refractivity contribution in [1.29, 1.82) is 0 Å². The van der Waals surface area contributed by atoms with E-state index in [-0.39, 0.29) is 22.9 Å². The number of carbonyl (C=O) groups is 1. The molecule has 1 aliphatic heterocycles. The van der Waals surface area contributed by atoms with Gasteiger partial charge >= 0.3 is 0 Å². The fourth-order valence-corrected chi connectivity index (χ4v) is 3.73. The van der Waals surface area contributed by atoms with E-state index in [0.29, 0.717) is 18.1 Å². The van der Waals surface area contributed by atoms with Crippen LogP contribution in [0.5, 0.6) is 0 Å². The molecule has 4 heterocycles. The summed E-state index contributed by atoms with van der Waals surface area (Å²) in [6.07, 6.45) is 6.68. The van der Waals surface area contributed by atoms with Crippen LogP contribution < -0.4 is 5.56 Å². The molecule has 0 radical (unpaired) electrons. The lowest BCUT2D eigenvalue weighted by atomic mass is 9.94. The Morgan fingerprint density at radius 1 is 1.43 bits per heavy atom. The van der Waals surface area contributed by atoms with Crippen LogP contribution in [0.3, 0.4) is 0 Å². The van der Waals surface area contributed by atoms with Crippen molar-refractivity contribution < 1.29 is 4.79 Å². The molecule has 0 aromatic carbocycles. The molecule has 118 valence electrons. The fourth-order valence-electron chi connectivity index (χ4n) is 3.05. The average molecular weight is 329 g/mol. The number of nitrogens with zero attached hydrogens (tertiary/aromatic N) is 4. The molecule has 1 N–H and O–H groups in total. The molecular weight excluding hydrogens is 314 g/mol. The Hall–Kier alpha value is -2.48. The second kappa shape index (κ2) is 5.62. The van der Waals surface area contributed by atoms with Crippen molar-refractivity contribution in [2.45, 2.75) is 18.8 Å². The summed E-state index contributed by atoms with van der Waals surface area (Å²) in [4.78, 5) is 31.7. The summed E-state index contributed by atoms with van der Waals surface area (Å²) in [6.45, 7) is 1.25. The Morgan fingerprint density at radius 2 is 2.35 bits per heavy atom. The largest absolute Gasteiger partial charge is 0.338 e. The molecule has 1 unspecified atom stereocenters. The van der Waals surface area contributed by atoms with Crippen molar-refractivity contribution in [3.63, 3.8) is 0 Å². The molecule has 1 amide bonds. The first-order valence-corrected chi connectivity index (χ1v) is 8.35. The first-order chi connectivity index (χ1) is 11.2. The third-order valence-electron chi connectivity index (χ3n) is 4.24. The number of H-pyrrole nitrogens is 1. The zero-order chi connectivity index (χ0) is 15.8. The van der Waals surface area contributed by atoms with Crippen molar-refractivity contribution >= 4 is 22.2 Å².